The van der Waals surface area contributed by atoms with Crippen LogP contribution in [0.4, 0.5) is 0 Å². The molecule has 24 heavy (non-hydrogen) atoms. The standard InChI is InChI=1S/C17H18O5S2/c18-24(19,20)10-9-21-7-8-22-15-5-6-17-14(12-15)11-13-3-1-2-4-16(13)23-17/h1-6,12H,7-11H2,(H,18,19,20). The van der Waals surface area contributed by atoms with Crippen molar-refractivity contribution in [2.45, 2.75) is 16.2 Å². The molecule has 1 aliphatic rings. The Bertz CT molecular complexity index is 817. The molecule has 5 nitrogen and oxygen atoms in total. The lowest BCUT2D eigenvalue weighted by Gasteiger charge is -2.19. The smallest absolute Gasteiger partial charge is 0.267 e. The second-order valence-electron chi connectivity index (χ2n) is 5.40. The Hall–Kier alpha value is -1.54. The molecule has 128 valence electrons. The van der Waals surface area contributed by atoms with Crippen LogP contribution in [0.15, 0.2) is 52.3 Å². The summed E-state index contributed by atoms with van der Waals surface area (Å²) in [6, 6.07) is 14.4. The highest BCUT2D eigenvalue weighted by Gasteiger charge is 2.16. The summed E-state index contributed by atoms with van der Waals surface area (Å²) in [7, 11) is -3.97. The summed E-state index contributed by atoms with van der Waals surface area (Å²) >= 11 is 1.77. The van der Waals surface area contributed by atoms with E-state index in [9.17, 15) is 8.42 Å². The molecular weight excluding hydrogens is 348 g/mol. The third kappa shape index (κ3) is 4.73. The topological polar surface area (TPSA) is 72.8 Å². The molecule has 0 radical (unpaired) electrons. The summed E-state index contributed by atoms with van der Waals surface area (Å²) in [6.07, 6.45) is 0.889. The average molecular weight is 366 g/mol. The van der Waals surface area contributed by atoms with Gasteiger partial charge in [-0.25, -0.2) is 0 Å². The van der Waals surface area contributed by atoms with Crippen molar-refractivity contribution in [3.63, 3.8) is 0 Å². The van der Waals surface area contributed by atoms with Crippen molar-refractivity contribution < 1.29 is 22.4 Å². The van der Waals surface area contributed by atoms with Crippen LogP contribution < -0.4 is 4.74 Å². The van der Waals surface area contributed by atoms with E-state index in [4.69, 9.17) is 14.0 Å². The van der Waals surface area contributed by atoms with Gasteiger partial charge in [0.1, 0.15) is 12.4 Å². The van der Waals surface area contributed by atoms with Crippen molar-refractivity contribution >= 4 is 21.9 Å². The molecule has 0 unspecified atom stereocenters. The van der Waals surface area contributed by atoms with Crippen molar-refractivity contribution in [1.29, 1.82) is 0 Å². The molecule has 0 aliphatic carbocycles. The van der Waals surface area contributed by atoms with Crippen molar-refractivity contribution in [1.82, 2.24) is 0 Å². The molecule has 0 bridgehead atoms. The molecule has 3 rings (SSSR count). The van der Waals surface area contributed by atoms with Gasteiger partial charge in [-0.05, 0) is 41.8 Å². The quantitative estimate of drug-likeness (QED) is 0.512. The van der Waals surface area contributed by atoms with E-state index >= 15 is 0 Å². The van der Waals surface area contributed by atoms with E-state index in [1.807, 2.05) is 12.1 Å². The predicted octanol–water partition coefficient (Wildman–Crippen LogP) is 3.03. The number of ether oxygens (including phenoxy) is 2. The second kappa shape index (κ2) is 7.57. The van der Waals surface area contributed by atoms with Gasteiger partial charge in [0.05, 0.1) is 19.0 Å². The van der Waals surface area contributed by atoms with Gasteiger partial charge < -0.3 is 9.47 Å². The highest BCUT2D eigenvalue weighted by molar-refractivity contribution is 7.99. The molecule has 0 amide bonds. The zero-order valence-corrected chi connectivity index (χ0v) is 14.6. The Morgan fingerprint density at radius 3 is 2.62 bits per heavy atom. The van der Waals surface area contributed by atoms with Crippen LogP contribution in [0.1, 0.15) is 11.1 Å². The summed E-state index contributed by atoms with van der Waals surface area (Å²) in [5.41, 5.74) is 2.56. The van der Waals surface area contributed by atoms with Crippen molar-refractivity contribution in [3.05, 3.63) is 53.6 Å². The molecule has 0 spiro atoms. The van der Waals surface area contributed by atoms with Crippen LogP contribution in [-0.2, 0) is 21.3 Å². The molecule has 0 saturated heterocycles. The van der Waals surface area contributed by atoms with Gasteiger partial charge in [-0.3, -0.25) is 4.55 Å². The SMILES string of the molecule is O=S(=O)(O)CCOCCOc1ccc2c(c1)Cc1ccccc1S2. The highest BCUT2D eigenvalue weighted by Crippen LogP contribution is 2.40. The number of fused-ring (bicyclic) bond motifs is 2. The minimum Gasteiger partial charge on any atom is -0.491 e. The van der Waals surface area contributed by atoms with Gasteiger partial charge >= 0.3 is 0 Å². The van der Waals surface area contributed by atoms with E-state index in [1.165, 1.54) is 20.9 Å². The molecule has 7 heteroatoms. The lowest BCUT2D eigenvalue weighted by Crippen LogP contribution is -2.14. The summed E-state index contributed by atoms with van der Waals surface area (Å²) in [6.45, 7) is 0.554. The largest absolute Gasteiger partial charge is 0.491 e. The summed E-state index contributed by atoms with van der Waals surface area (Å²) in [4.78, 5) is 2.54. The molecule has 1 N–H and O–H groups in total. The number of rotatable bonds is 7. The minimum atomic E-state index is -3.97. The van der Waals surface area contributed by atoms with Crippen molar-refractivity contribution in [2.75, 3.05) is 25.6 Å². The van der Waals surface area contributed by atoms with E-state index in [0.29, 0.717) is 6.61 Å². The fourth-order valence-electron chi connectivity index (χ4n) is 2.44. The van der Waals surface area contributed by atoms with E-state index in [0.717, 1.165) is 12.2 Å². The molecule has 2 aromatic rings. The minimum absolute atomic E-state index is 0.0419. The molecule has 0 atom stereocenters. The third-order valence-corrected chi connectivity index (χ3v) is 5.51. The van der Waals surface area contributed by atoms with Gasteiger partial charge in [0.25, 0.3) is 10.1 Å². The lowest BCUT2D eigenvalue weighted by atomic mass is 10.0. The first-order chi connectivity index (χ1) is 11.5. The van der Waals surface area contributed by atoms with E-state index in [-0.39, 0.29) is 13.2 Å². The molecule has 2 aromatic carbocycles. The number of benzene rings is 2. The van der Waals surface area contributed by atoms with Crippen molar-refractivity contribution in [2.24, 2.45) is 0 Å². The van der Waals surface area contributed by atoms with Gasteiger partial charge in [-0.2, -0.15) is 8.42 Å². The highest BCUT2D eigenvalue weighted by atomic mass is 32.2. The van der Waals surface area contributed by atoms with E-state index in [1.54, 1.807) is 11.8 Å². The molecular formula is C17H18O5S2. The molecule has 1 aliphatic heterocycles. The monoisotopic (exact) mass is 366 g/mol. The number of hydrogen-bond donors (Lipinski definition) is 1. The second-order valence-corrected chi connectivity index (χ2v) is 8.06. The Morgan fingerprint density at radius 2 is 1.79 bits per heavy atom. The first kappa shape index (κ1) is 17.3. The van der Waals surface area contributed by atoms with Crippen LogP contribution in [0.2, 0.25) is 0 Å². The van der Waals surface area contributed by atoms with Gasteiger partial charge in [-0.1, -0.05) is 30.0 Å². The van der Waals surface area contributed by atoms with Gasteiger partial charge in [0.15, 0.2) is 0 Å². The third-order valence-electron chi connectivity index (χ3n) is 3.59. The van der Waals surface area contributed by atoms with Gasteiger partial charge in [-0.15, -0.1) is 0 Å². The zero-order valence-electron chi connectivity index (χ0n) is 13.0. The average Bonchev–Trinajstić information content (AvgIpc) is 2.55. The summed E-state index contributed by atoms with van der Waals surface area (Å²) in [5.74, 6) is 0.370. The molecule has 0 fully saturated rings. The summed E-state index contributed by atoms with van der Waals surface area (Å²) in [5, 5.41) is 0. The lowest BCUT2D eigenvalue weighted by molar-refractivity contribution is 0.110. The zero-order chi connectivity index (χ0) is 17.0. The summed E-state index contributed by atoms with van der Waals surface area (Å²) < 4.78 is 40.5. The maximum Gasteiger partial charge on any atom is 0.267 e. The maximum atomic E-state index is 10.6. The van der Waals surface area contributed by atoms with Crippen molar-refractivity contribution in [3.8, 4) is 5.75 Å². The van der Waals surface area contributed by atoms with Gasteiger partial charge in [0, 0.05) is 9.79 Å². The molecule has 0 saturated carbocycles. The maximum absolute atomic E-state index is 10.6. The van der Waals surface area contributed by atoms with Gasteiger partial charge in [0.2, 0.25) is 0 Å². The van der Waals surface area contributed by atoms with E-state index in [2.05, 4.69) is 30.3 Å². The first-order valence-corrected chi connectivity index (χ1v) is 9.98. The first-order valence-electron chi connectivity index (χ1n) is 7.56. The Labute approximate surface area is 145 Å². The van der Waals surface area contributed by atoms with Crippen LogP contribution in [0, 0.1) is 0 Å². The van der Waals surface area contributed by atoms with Crippen LogP contribution >= 0.6 is 11.8 Å². The fourth-order valence-corrected chi connectivity index (χ4v) is 3.82. The molecule has 0 aromatic heterocycles. The van der Waals surface area contributed by atoms with E-state index < -0.39 is 15.9 Å². The Kier molecular flexibility index (Phi) is 5.45. The van der Waals surface area contributed by atoms with Crippen LogP contribution in [-0.4, -0.2) is 38.5 Å². The Balaban J connectivity index is 1.51. The Morgan fingerprint density at radius 1 is 1.00 bits per heavy atom. The number of hydrogen-bond acceptors (Lipinski definition) is 5. The van der Waals surface area contributed by atoms with Crippen LogP contribution in [0.5, 0.6) is 5.75 Å². The fraction of sp³-hybridized carbons (Fsp3) is 0.294. The predicted molar refractivity (Wildman–Crippen MR) is 92.5 cm³/mol. The normalized spacial score (nSPS) is 13.2. The van der Waals surface area contributed by atoms with Crippen LogP contribution in [0.3, 0.4) is 0 Å². The van der Waals surface area contributed by atoms with Crippen LogP contribution in [0.25, 0.3) is 0 Å². The molecule has 1 heterocycles.